The molecule has 0 aromatic heterocycles. The smallest absolute Gasteiger partial charge is 0.359 e. The van der Waals surface area contributed by atoms with Crippen molar-refractivity contribution in [1.82, 2.24) is 0 Å². The quantitative estimate of drug-likeness (QED) is 0.180. The summed E-state index contributed by atoms with van der Waals surface area (Å²) in [5.74, 6) is -3.87. The number of carbonyl (C=O) groups is 3. The minimum Gasteiger partial charge on any atom is -0.544 e. The zero-order chi connectivity index (χ0) is 22.0. The van der Waals surface area contributed by atoms with Crippen LogP contribution in [-0.4, -0.2) is 58.8 Å². The summed E-state index contributed by atoms with van der Waals surface area (Å²) in [7, 11) is 0. The first kappa shape index (κ1) is 27.1. The number of quaternary nitrogens is 1. The zero-order valence-electron chi connectivity index (χ0n) is 17.9. The third-order valence-corrected chi connectivity index (χ3v) is 5.05. The highest BCUT2D eigenvalue weighted by atomic mass is 16.4. The van der Waals surface area contributed by atoms with Gasteiger partial charge in [0.2, 0.25) is 0 Å². The molecule has 0 amide bonds. The number of rotatable bonds is 20. The third-order valence-electron chi connectivity index (χ3n) is 5.05. The van der Waals surface area contributed by atoms with E-state index in [9.17, 15) is 19.5 Å². The highest BCUT2D eigenvalue weighted by Gasteiger charge is 2.33. The number of hydrogen-bond acceptors (Lipinski definition) is 4. The van der Waals surface area contributed by atoms with Crippen molar-refractivity contribution in [3.8, 4) is 0 Å². The predicted octanol–water partition coefficient (Wildman–Crippen LogP) is 2.98. The Kier molecular flexibility index (Phi) is 15.9. The maximum Gasteiger partial charge on any atom is 0.359 e. The van der Waals surface area contributed by atoms with Crippen LogP contribution in [-0.2, 0) is 14.4 Å². The molecule has 0 spiro atoms. The zero-order valence-corrected chi connectivity index (χ0v) is 17.9. The Morgan fingerprint density at radius 2 is 1.17 bits per heavy atom. The summed E-state index contributed by atoms with van der Waals surface area (Å²) in [5.41, 5.74) is 0. The summed E-state index contributed by atoms with van der Waals surface area (Å²) >= 11 is 0. The molecule has 0 aromatic carbocycles. The molecule has 29 heavy (non-hydrogen) atoms. The third kappa shape index (κ3) is 16.7. The molecule has 0 radical (unpaired) electrons. The fraction of sp³-hybridized carbons (Fsp3) is 0.773. The molecule has 0 atom stereocenters. The van der Waals surface area contributed by atoms with Crippen LogP contribution in [0.4, 0.5) is 0 Å². The summed E-state index contributed by atoms with van der Waals surface area (Å²) in [6, 6.07) is 0. The van der Waals surface area contributed by atoms with Crippen molar-refractivity contribution < 1.29 is 34.2 Å². The first-order chi connectivity index (χ1) is 13.8. The van der Waals surface area contributed by atoms with Crippen LogP contribution in [0.3, 0.4) is 0 Å². The lowest BCUT2D eigenvalue weighted by atomic mass is 10.1. The molecule has 7 nitrogen and oxygen atoms in total. The summed E-state index contributed by atoms with van der Waals surface area (Å²) in [4.78, 5) is 33.2. The van der Waals surface area contributed by atoms with Crippen molar-refractivity contribution in [2.45, 2.75) is 84.0 Å². The van der Waals surface area contributed by atoms with Gasteiger partial charge in [0.1, 0.15) is 6.54 Å². The van der Waals surface area contributed by atoms with Gasteiger partial charge in [0.05, 0.1) is 12.5 Å². The topological polar surface area (TPSA) is 115 Å². The minimum absolute atomic E-state index is 0.176. The van der Waals surface area contributed by atoms with Gasteiger partial charge in [-0.05, 0) is 19.3 Å². The second-order valence-corrected chi connectivity index (χ2v) is 7.93. The van der Waals surface area contributed by atoms with Gasteiger partial charge in [-0.2, -0.15) is 0 Å². The minimum atomic E-state index is -1.44. The molecule has 0 aromatic rings. The van der Waals surface area contributed by atoms with E-state index in [2.05, 4.69) is 13.0 Å². The average Bonchev–Trinajstić information content (AvgIpc) is 2.60. The van der Waals surface area contributed by atoms with Crippen LogP contribution < -0.4 is 5.11 Å². The molecule has 7 heteroatoms. The van der Waals surface area contributed by atoms with Gasteiger partial charge in [0, 0.05) is 6.42 Å². The Labute approximate surface area is 175 Å². The molecular formula is C22H39NO6. The van der Waals surface area contributed by atoms with Crippen molar-refractivity contribution >= 4 is 17.9 Å². The van der Waals surface area contributed by atoms with Crippen LogP contribution in [0.5, 0.6) is 0 Å². The van der Waals surface area contributed by atoms with E-state index in [-0.39, 0.29) is 6.54 Å². The number of allylic oxidation sites excluding steroid dienone is 2. The second kappa shape index (κ2) is 17.0. The van der Waals surface area contributed by atoms with E-state index < -0.39 is 42.0 Å². The van der Waals surface area contributed by atoms with E-state index in [1.54, 1.807) is 0 Å². The first-order valence-electron chi connectivity index (χ1n) is 10.9. The van der Waals surface area contributed by atoms with Crippen LogP contribution in [0.25, 0.3) is 0 Å². The van der Waals surface area contributed by atoms with Gasteiger partial charge in [-0.3, -0.25) is 0 Å². The van der Waals surface area contributed by atoms with Crippen molar-refractivity contribution in [1.29, 1.82) is 0 Å². The molecule has 0 aliphatic heterocycles. The molecule has 0 heterocycles. The fourth-order valence-corrected chi connectivity index (χ4v) is 3.61. The SMILES string of the molecule is CCCCCCCCCCC/C=C/CCC[N+](CC(=O)[O-])(CC(=O)O)CC(=O)O. The van der Waals surface area contributed by atoms with E-state index in [4.69, 9.17) is 10.2 Å². The van der Waals surface area contributed by atoms with Crippen LogP contribution in [0, 0.1) is 0 Å². The number of carboxylic acid groups (broad SMARTS) is 3. The van der Waals surface area contributed by atoms with Gasteiger partial charge in [-0.1, -0.05) is 70.4 Å². The number of carboxylic acids is 3. The van der Waals surface area contributed by atoms with Gasteiger partial charge in [0.15, 0.2) is 13.1 Å². The van der Waals surface area contributed by atoms with Crippen molar-refractivity contribution in [2.24, 2.45) is 0 Å². The molecule has 0 aliphatic rings. The highest BCUT2D eigenvalue weighted by molar-refractivity contribution is 5.72. The van der Waals surface area contributed by atoms with E-state index >= 15 is 0 Å². The van der Waals surface area contributed by atoms with Gasteiger partial charge in [0.25, 0.3) is 0 Å². The summed E-state index contributed by atoms with van der Waals surface area (Å²) in [6.45, 7) is 0.712. The number of aliphatic carboxylic acids is 3. The van der Waals surface area contributed by atoms with Crippen molar-refractivity contribution in [2.75, 3.05) is 26.2 Å². The van der Waals surface area contributed by atoms with Crippen LogP contribution in [0.15, 0.2) is 12.2 Å². The molecule has 0 bridgehead atoms. The molecule has 0 rings (SSSR count). The van der Waals surface area contributed by atoms with Crippen molar-refractivity contribution in [3.63, 3.8) is 0 Å². The second-order valence-electron chi connectivity index (χ2n) is 7.93. The average molecular weight is 414 g/mol. The lowest BCUT2D eigenvalue weighted by Gasteiger charge is -2.36. The van der Waals surface area contributed by atoms with Crippen LogP contribution >= 0.6 is 0 Å². The maximum absolute atomic E-state index is 11.1. The van der Waals surface area contributed by atoms with Gasteiger partial charge in [-0.15, -0.1) is 0 Å². The summed E-state index contributed by atoms with van der Waals surface area (Å²) in [6.07, 6.45) is 17.9. The van der Waals surface area contributed by atoms with Crippen LogP contribution in [0.1, 0.15) is 84.0 Å². The lowest BCUT2D eigenvalue weighted by molar-refractivity contribution is -0.909. The fourth-order valence-electron chi connectivity index (χ4n) is 3.61. The van der Waals surface area contributed by atoms with E-state index in [1.807, 2.05) is 6.08 Å². The normalized spacial score (nSPS) is 11.8. The Hall–Kier alpha value is -1.89. The number of nitrogens with zero attached hydrogens (tertiary/aromatic N) is 1. The number of carbonyl (C=O) groups excluding carboxylic acids is 1. The predicted molar refractivity (Wildman–Crippen MR) is 110 cm³/mol. The Bertz CT molecular complexity index is 463. The van der Waals surface area contributed by atoms with Gasteiger partial charge < -0.3 is 24.6 Å². The van der Waals surface area contributed by atoms with E-state index in [0.29, 0.717) is 12.8 Å². The number of unbranched alkanes of at least 4 members (excludes halogenated alkanes) is 10. The van der Waals surface area contributed by atoms with Crippen LogP contribution in [0.2, 0.25) is 0 Å². The molecule has 0 aliphatic carbocycles. The standard InChI is InChI=1S/C22H39NO6/c1-2-3-4-5-6-7-8-9-10-11-12-13-14-15-16-23(17-20(24)25,18-21(26)27)19-22(28)29/h12-13H,2-11,14-19H2,1H3,(H2-,24,25,26,27,28,29)/b13-12+. The Morgan fingerprint density at radius 3 is 1.62 bits per heavy atom. The molecular weight excluding hydrogens is 374 g/mol. The van der Waals surface area contributed by atoms with Crippen molar-refractivity contribution in [3.05, 3.63) is 12.2 Å². The summed E-state index contributed by atoms with van der Waals surface area (Å²) in [5, 5.41) is 29.1. The molecule has 0 saturated carbocycles. The monoisotopic (exact) mass is 413 g/mol. The Morgan fingerprint density at radius 1 is 0.724 bits per heavy atom. The Balaban J connectivity index is 4.07. The molecule has 2 N–H and O–H groups in total. The maximum atomic E-state index is 11.1. The number of hydrogen-bond donors (Lipinski definition) is 2. The molecule has 0 fully saturated rings. The molecule has 0 saturated heterocycles. The molecule has 0 unspecified atom stereocenters. The van der Waals surface area contributed by atoms with Gasteiger partial charge >= 0.3 is 11.9 Å². The summed E-state index contributed by atoms with van der Waals surface area (Å²) < 4.78 is -0.529. The lowest BCUT2D eigenvalue weighted by Crippen LogP contribution is -2.59. The molecule has 168 valence electrons. The first-order valence-corrected chi connectivity index (χ1v) is 10.9. The van der Waals surface area contributed by atoms with E-state index in [0.717, 1.165) is 12.8 Å². The highest BCUT2D eigenvalue weighted by Crippen LogP contribution is 2.12. The van der Waals surface area contributed by atoms with Gasteiger partial charge in [-0.25, -0.2) is 9.59 Å². The van der Waals surface area contributed by atoms with E-state index in [1.165, 1.54) is 51.4 Å². The largest absolute Gasteiger partial charge is 0.544 e.